The Labute approximate surface area is 136 Å². The van der Waals surface area contributed by atoms with Crippen LogP contribution in [-0.4, -0.2) is 27.7 Å². The largest absolute Gasteiger partial charge is 0.359 e. The molecule has 3 aromatic heterocycles. The van der Waals surface area contributed by atoms with Crippen LogP contribution in [0.5, 0.6) is 0 Å². The highest BCUT2D eigenvalue weighted by Gasteiger charge is 2.34. The molecule has 1 aliphatic heterocycles. The third-order valence-corrected chi connectivity index (χ3v) is 4.87. The molecule has 23 heavy (non-hydrogen) atoms. The van der Waals surface area contributed by atoms with Crippen molar-refractivity contribution in [3.05, 3.63) is 46.8 Å². The summed E-state index contributed by atoms with van der Waals surface area (Å²) in [5.74, 6) is 1.22. The lowest BCUT2D eigenvalue weighted by molar-refractivity contribution is 0.0704. The normalized spacial score (nSPS) is 17.8. The zero-order valence-electron chi connectivity index (χ0n) is 12.6. The molecule has 0 saturated carbocycles. The Morgan fingerprint density at radius 3 is 3.00 bits per heavy atom. The van der Waals surface area contributed by atoms with Crippen molar-refractivity contribution in [2.45, 2.75) is 25.8 Å². The fourth-order valence-corrected chi connectivity index (χ4v) is 3.58. The second kappa shape index (κ2) is 5.66. The van der Waals surface area contributed by atoms with Gasteiger partial charge in [-0.05, 0) is 31.2 Å². The maximum Gasteiger partial charge on any atom is 0.276 e. The predicted molar refractivity (Wildman–Crippen MR) is 84.1 cm³/mol. The molecule has 1 atom stereocenters. The maximum absolute atomic E-state index is 12.8. The van der Waals surface area contributed by atoms with E-state index in [9.17, 15) is 4.79 Å². The van der Waals surface area contributed by atoms with E-state index in [2.05, 4.69) is 10.3 Å². The van der Waals surface area contributed by atoms with Crippen LogP contribution in [0.15, 0.2) is 38.7 Å². The van der Waals surface area contributed by atoms with Crippen molar-refractivity contribution in [2.75, 3.05) is 6.54 Å². The van der Waals surface area contributed by atoms with Crippen molar-refractivity contribution in [3.8, 4) is 10.6 Å². The van der Waals surface area contributed by atoms with Crippen LogP contribution in [0.3, 0.4) is 0 Å². The van der Waals surface area contributed by atoms with E-state index in [0.29, 0.717) is 18.0 Å². The quantitative estimate of drug-likeness (QED) is 0.733. The number of nitrogens with zero attached hydrogens (tertiary/aromatic N) is 3. The standard InChI is InChI=1S/C16H15N3O3S/c1-10-8-13(21-17-10)12-4-2-6-19(12)16(20)11-9-14(22-18-11)15-5-3-7-23-15/h3,5,7-9,12H,2,4,6H2,1H3. The van der Waals surface area contributed by atoms with E-state index >= 15 is 0 Å². The van der Waals surface area contributed by atoms with E-state index in [0.717, 1.165) is 29.2 Å². The Kier molecular flexibility index (Phi) is 3.49. The molecule has 0 radical (unpaired) electrons. The first-order valence-corrected chi connectivity index (χ1v) is 8.35. The van der Waals surface area contributed by atoms with E-state index in [1.807, 2.05) is 30.5 Å². The number of hydrogen-bond acceptors (Lipinski definition) is 6. The number of aryl methyl sites for hydroxylation is 1. The van der Waals surface area contributed by atoms with Crippen LogP contribution in [0.4, 0.5) is 0 Å². The van der Waals surface area contributed by atoms with Crippen molar-refractivity contribution >= 4 is 17.2 Å². The molecule has 3 aromatic rings. The minimum atomic E-state index is -0.131. The van der Waals surface area contributed by atoms with Gasteiger partial charge >= 0.3 is 0 Å². The van der Waals surface area contributed by atoms with Gasteiger partial charge < -0.3 is 13.9 Å². The van der Waals surface area contributed by atoms with Crippen LogP contribution >= 0.6 is 11.3 Å². The summed E-state index contributed by atoms with van der Waals surface area (Å²) in [6.07, 6.45) is 1.81. The number of carbonyl (C=O) groups is 1. The summed E-state index contributed by atoms with van der Waals surface area (Å²) in [6, 6.07) is 7.39. The topological polar surface area (TPSA) is 72.4 Å². The SMILES string of the molecule is Cc1cc(C2CCCN2C(=O)c2cc(-c3cccs3)on2)on1. The average Bonchev–Trinajstić information content (AvgIpc) is 3.31. The van der Waals surface area contributed by atoms with Gasteiger partial charge in [-0.3, -0.25) is 4.79 Å². The van der Waals surface area contributed by atoms with E-state index in [4.69, 9.17) is 9.05 Å². The maximum atomic E-state index is 12.8. The van der Waals surface area contributed by atoms with E-state index < -0.39 is 0 Å². The Bertz CT molecular complexity index is 821. The second-order valence-corrected chi connectivity index (χ2v) is 6.53. The number of rotatable bonds is 3. The first-order chi connectivity index (χ1) is 11.2. The molecule has 7 heteroatoms. The van der Waals surface area contributed by atoms with E-state index in [-0.39, 0.29) is 11.9 Å². The van der Waals surface area contributed by atoms with Crippen molar-refractivity contribution < 1.29 is 13.8 Å². The Hall–Kier alpha value is -2.41. The molecule has 0 N–H and O–H groups in total. The minimum absolute atomic E-state index is 0.0782. The van der Waals surface area contributed by atoms with Gasteiger partial charge in [0, 0.05) is 18.7 Å². The lowest BCUT2D eigenvalue weighted by atomic mass is 10.1. The summed E-state index contributed by atoms with van der Waals surface area (Å²) in [6.45, 7) is 2.56. The summed E-state index contributed by atoms with van der Waals surface area (Å²) in [4.78, 5) is 15.5. The molecular weight excluding hydrogens is 314 g/mol. The molecule has 0 aromatic carbocycles. The fraction of sp³-hybridized carbons (Fsp3) is 0.312. The third-order valence-electron chi connectivity index (χ3n) is 3.98. The number of aromatic nitrogens is 2. The number of likely N-dealkylation sites (tertiary alicyclic amines) is 1. The van der Waals surface area contributed by atoms with Crippen molar-refractivity contribution in [1.82, 2.24) is 15.2 Å². The molecule has 118 valence electrons. The number of thiophene rings is 1. The lowest BCUT2D eigenvalue weighted by Crippen LogP contribution is -2.30. The van der Waals surface area contributed by atoms with Crippen molar-refractivity contribution in [3.63, 3.8) is 0 Å². The summed E-state index contributed by atoms with van der Waals surface area (Å²) in [5.41, 5.74) is 1.15. The van der Waals surface area contributed by atoms with Gasteiger partial charge in [-0.1, -0.05) is 16.4 Å². The first kappa shape index (κ1) is 14.2. The molecule has 1 amide bonds. The Balaban J connectivity index is 1.58. The molecule has 1 unspecified atom stereocenters. The van der Waals surface area contributed by atoms with Gasteiger partial charge in [0.15, 0.2) is 17.2 Å². The van der Waals surface area contributed by atoms with Gasteiger partial charge in [-0.15, -0.1) is 11.3 Å². The van der Waals surface area contributed by atoms with Crippen molar-refractivity contribution in [1.29, 1.82) is 0 Å². The predicted octanol–water partition coefficient (Wildman–Crippen LogP) is 3.68. The molecule has 0 spiro atoms. The van der Waals surface area contributed by atoms with Crippen LogP contribution in [-0.2, 0) is 0 Å². The molecule has 4 heterocycles. The summed E-state index contributed by atoms with van der Waals surface area (Å²) in [7, 11) is 0. The molecule has 1 saturated heterocycles. The number of amides is 1. The van der Waals surface area contributed by atoms with Crippen LogP contribution in [0, 0.1) is 6.92 Å². The average molecular weight is 329 g/mol. The number of carbonyl (C=O) groups excluding carboxylic acids is 1. The molecule has 1 aliphatic rings. The zero-order chi connectivity index (χ0) is 15.8. The van der Waals surface area contributed by atoms with Crippen LogP contribution in [0.25, 0.3) is 10.6 Å². The van der Waals surface area contributed by atoms with Crippen LogP contribution in [0.2, 0.25) is 0 Å². The lowest BCUT2D eigenvalue weighted by Gasteiger charge is -2.21. The fourth-order valence-electron chi connectivity index (χ4n) is 2.90. The van der Waals surface area contributed by atoms with Crippen LogP contribution in [0.1, 0.15) is 40.8 Å². The molecule has 1 fully saturated rings. The smallest absolute Gasteiger partial charge is 0.276 e. The highest BCUT2D eigenvalue weighted by molar-refractivity contribution is 7.13. The van der Waals surface area contributed by atoms with E-state index in [1.165, 1.54) is 0 Å². The molecular formula is C16H15N3O3S. The third kappa shape index (κ3) is 2.57. The summed E-state index contributed by atoms with van der Waals surface area (Å²) in [5, 5.41) is 9.82. The van der Waals surface area contributed by atoms with Gasteiger partial charge in [0.2, 0.25) is 0 Å². The molecule has 0 bridgehead atoms. The van der Waals surface area contributed by atoms with Gasteiger partial charge in [-0.2, -0.15) is 0 Å². The molecule has 0 aliphatic carbocycles. The highest BCUT2D eigenvalue weighted by Crippen LogP contribution is 2.34. The Morgan fingerprint density at radius 1 is 1.35 bits per heavy atom. The van der Waals surface area contributed by atoms with Gasteiger partial charge in [0.05, 0.1) is 16.6 Å². The van der Waals surface area contributed by atoms with Gasteiger partial charge in [0.1, 0.15) is 0 Å². The second-order valence-electron chi connectivity index (χ2n) is 5.58. The summed E-state index contributed by atoms with van der Waals surface area (Å²) < 4.78 is 10.7. The molecule has 4 rings (SSSR count). The minimum Gasteiger partial charge on any atom is -0.359 e. The Morgan fingerprint density at radius 2 is 2.26 bits per heavy atom. The van der Waals surface area contributed by atoms with Gasteiger partial charge in [0.25, 0.3) is 5.91 Å². The zero-order valence-corrected chi connectivity index (χ0v) is 13.4. The van der Waals surface area contributed by atoms with E-state index in [1.54, 1.807) is 22.3 Å². The highest BCUT2D eigenvalue weighted by atomic mass is 32.1. The van der Waals surface area contributed by atoms with Crippen LogP contribution < -0.4 is 0 Å². The first-order valence-electron chi connectivity index (χ1n) is 7.47. The van der Waals surface area contributed by atoms with Crippen molar-refractivity contribution in [2.24, 2.45) is 0 Å². The monoisotopic (exact) mass is 329 g/mol. The van der Waals surface area contributed by atoms with Gasteiger partial charge in [-0.25, -0.2) is 0 Å². The number of hydrogen-bond donors (Lipinski definition) is 0. The summed E-state index contributed by atoms with van der Waals surface area (Å²) >= 11 is 1.55. The molecule has 6 nitrogen and oxygen atoms in total.